The van der Waals surface area contributed by atoms with Gasteiger partial charge in [-0.05, 0) is 31.4 Å². The number of aromatic nitrogens is 1. The van der Waals surface area contributed by atoms with E-state index in [9.17, 15) is 13.2 Å². The predicted octanol–water partition coefficient (Wildman–Crippen LogP) is 7.74. The summed E-state index contributed by atoms with van der Waals surface area (Å²) in [5.74, 6) is -0.239. The van der Waals surface area contributed by atoms with Crippen LogP contribution in [-0.4, -0.2) is 23.1 Å². The number of unbranched alkanes of at least 4 members (excludes halogenated alkanes) is 12. The number of halogens is 3. The van der Waals surface area contributed by atoms with Gasteiger partial charge in [-0.1, -0.05) is 88.8 Å². The number of benzene rings is 1. The van der Waals surface area contributed by atoms with Crippen molar-refractivity contribution in [2.45, 2.75) is 96.3 Å². The fraction of sp³-hybridized carbons (Fsp3) is 0.640. The van der Waals surface area contributed by atoms with Crippen molar-refractivity contribution in [1.82, 2.24) is 4.98 Å². The van der Waals surface area contributed by atoms with Crippen LogP contribution in [0.4, 0.5) is 13.2 Å². The first-order valence-corrected chi connectivity index (χ1v) is 11.7. The summed E-state index contributed by atoms with van der Waals surface area (Å²) < 4.78 is 41.9. The number of aliphatic hydroxyl groups excluding tert-OH is 1. The Hall–Kier alpha value is -1.82. The molecule has 0 aliphatic carbocycles. The van der Waals surface area contributed by atoms with E-state index >= 15 is 0 Å². The Morgan fingerprint density at radius 2 is 1.26 bits per heavy atom. The molecule has 0 spiro atoms. The lowest BCUT2D eigenvalue weighted by atomic mass is 10.0. The zero-order chi connectivity index (χ0) is 22.4. The molecule has 0 saturated heterocycles. The third-order valence-electron chi connectivity index (χ3n) is 5.56. The van der Waals surface area contributed by atoms with Gasteiger partial charge in [0, 0.05) is 17.7 Å². The van der Waals surface area contributed by atoms with Crippen LogP contribution in [-0.2, 0) is 6.42 Å². The average Bonchev–Trinajstić information content (AvgIpc) is 2.73. The van der Waals surface area contributed by atoms with Crippen LogP contribution in [0, 0.1) is 0 Å². The molecule has 3 nitrogen and oxygen atoms in total. The molecule has 6 heteroatoms. The highest BCUT2D eigenvalue weighted by Crippen LogP contribution is 2.29. The fourth-order valence-corrected chi connectivity index (χ4v) is 3.87. The Labute approximate surface area is 184 Å². The van der Waals surface area contributed by atoms with Crippen molar-refractivity contribution < 1.29 is 23.0 Å². The van der Waals surface area contributed by atoms with Crippen molar-refractivity contribution >= 4 is 10.9 Å². The summed E-state index contributed by atoms with van der Waals surface area (Å²) in [5.41, 5.74) is 1.08. The summed E-state index contributed by atoms with van der Waals surface area (Å²) >= 11 is 0. The van der Waals surface area contributed by atoms with Gasteiger partial charge < -0.3 is 9.84 Å². The molecule has 0 aliphatic heterocycles. The normalized spacial score (nSPS) is 11.9. The number of aliphatic hydroxyl groups is 1. The molecule has 2 rings (SSSR count). The van der Waals surface area contributed by atoms with E-state index in [0.29, 0.717) is 12.0 Å². The zero-order valence-electron chi connectivity index (χ0n) is 18.4. The first-order valence-electron chi connectivity index (χ1n) is 11.7. The van der Waals surface area contributed by atoms with Gasteiger partial charge in [-0.25, -0.2) is 4.98 Å². The third kappa shape index (κ3) is 10.9. The number of alkyl halides is 3. The number of hydrogen-bond acceptors (Lipinski definition) is 3. The maximum atomic E-state index is 12.6. The molecule has 1 aromatic heterocycles. The maximum Gasteiger partial charge on any atom is 0.573 e. The van der Waals surface area contributed by atoms with Crippen LogP contribution in [0.1, 0.15) is 89.2 Å². The van der Waals surface area contributed by atoms with Gasteiger partial charge in [0.1, 0.15) is 5.52 Å². The molecule has 0 fully saturated rings. The summed E-state index contributed by atoms with van der Waals surface area (Å²) in [6.45, 7) is 0.316. The predicted molar refractivity (Wildman–Crippen MR) is 119 cm³/mol. The summed E-state index contributed by atoms with van der Waals surface area (Å²) in [4.78, 5) is 4.42. The SMILES string of the molecule is OCCCCCCCCCCCCCCCc1ccc2cccc(OC(F)(F)F)c2n1. The van der Waals surface area contributed by atoms with Crippen LogP contribution in [0.15, 0.2) is 30.3 Å². The Bertz CT molecular complexity index is 749. The maximum absolute atomic E-state index is 12.6. The fourth-order valence-electron chi connectivity index (χ4n) is 3.87. The first-order chi connectivity index (χ1) is 15.0. The molecule has 174 valence electrons. The molecular weight excluding hydrogens is 403 g/mol. The molecule has 0 radical (unpaired) electrons. The quantitative estimate of drug-likeness (QED) is 0.272. The van der Waals surface area contributed by atoms with Crippen LogP contribution in [0.2, 0.25) is 0 Å². The largest absolute Gasteiger partial charge is 0.573 e. The zero-order valence-corrected chi connectivity index (χ0v) is 18.4. The number of para-hydroxylation sites is 1. The van der Waals surface area contributed by atoms with Gasteiger partial charge in [0.15, 0.2) is 5.75 Å². The second-order valence-electron chi connectivity index (χ2n) is 8.25. The van der Waals surface area contributed by atoms with Gasteiger partial charge in [-0.15, -0.1) is 13.2 Å². The number of nitrogens with zero attached hydrogens (tertiary/aromatic N) is 1. The third-order valence-corrected chi connectivity index (χ3v) is 5.56. The minimum atomic E-state index is -4.72. The first kappa shape index (κ1) is 25.4. The minimum absolute atomic E-state index is 0.239. The Morgan fingerprint density at radius 1 is 0.710 bits per heavy atom. The van der Waals surface area contributed by atoms with Gasteiger partial charge in [0.2, 0.25) is 0 Å². The summed E-state index contributed by atoms with van der Waals surface area (Å²) in [6, 6.07) is 8.30. The van der Waals surface area contributed by atoms with Crippen LogP contribution < -0.4 is 4.74 Å². The molecule has 1 heterocycles. The highest BCUT2D eigenvalue weighted by molar-refractivity contribution is 5.84. The lowest BCUT2D eigenvalue weighted by Gasteiger charge is -2.11. The molecule has 0 aliphatic rings. The number of hydrogen-bond donors (Lipinski definition) is 1. The highest BCUT2D eigenvalue weighted by Gasteiger charge is 2.32. The van der Waals surface area contributed by atoms with Crippen molar-refractivity contribution in [3.63, 3.8) is 0 Å². The van der Waals surface area contributed by atoms with Crippen LogP contribution >= 0.6 is 0 Å². The number of aryl methyl sites for hydroxylation is 1. The minimum Gasteiger partial charge on any atom is -0.403 e. The van der Waals surface area contributed by atoms with Gasteiger partial charge >= 0.3 is 6.36 Å². The van der Waals surface area contributed by atoms with Crippen molar-refractivity contribution in [3.05, 3.63) is 36.0 Å². The van der Waals surface area contributed by atoms with Gasteiger partial charge in [0.25, 0.3) is 0 Å². The molecule has 0 unspecified atom stereocenters. The van der Waals surface area contributed by atoms with Crippen molar-refractivity contribution in [3.8, 4) is 5.75 Å². The molecule has 2 aromatic rings. The Morgan fingerprint density at radius 3 is 1.81 bits per heavy atom. The van der Waals surface area contributed by atoms with Gasteiger partial charge in [0.05, 0.1) is 0 Å². The van der Waals surface area contributed by atoms with Crippen LogP contribution in [0.5, 0.6) is 5.75 Å². The monoisotopic (exact) mass is 439 g/mol. The molecule has 0 bridgehead atoms. The van der Waals surface area contributed by atoms with E-state index in [-0.39, 0.29) is 11.3 Å². The summed E-state index contributed by atoms with van der Waals surface area (Å²) in [6.07, 6.45) is 11.7. The molecule has 1 aromatic carbocycles. The number of pyridine rings is 1. The molecule has 31 heavy (non-hydrogen) atoms. The van der Waals surface area contributed by atoms with Crippen LogP contribution in [0.25, 0.3) is 10.9 Å². The Kier molecular flexibility index (Phi) is 11.7. The Balaban J connectivity index is 1.58. The van der Waals surface area contributed by atoms with Crippen molar-refractivity contribution in [1.29, 1.82) is 0 Å². The van der Waals surface area contributed by atoms with Crippen LogP contribution in [0.3, 0.4) is 0 Å². The molecular formula is C25H36F3NO2. The van der Waals surface area contributed by atoms with E-state index in [1.807, 2.05) is 12.1 Å². The summed E-state index contributed by atoms with van der Waals surface area (Å²) in [5, 5.41) is 9.39. The van der Waals surface area contributed by atoms with E-state index in [1.54, 1.807) is 12.1 Å². The van der Waals surface area contributed by atoms with Crippen molar-refractivity contribution in [2.75, 3.05) is 6.61 Å². The molecule has 0 saturated carbocycles. The average molecular weight is 440 g/mol. The van der Waals surface area contributed by atoms with Gasteiger partial charge in [-0.2, -0.15) is 0 Å². The van der Waals surface area contributed by atoms with Gasteiger partial charge in [-0.3, -0.25) is 0 Å². The molecule has 0 atom stereocenters. The van der Waals surface area contributed by atoms with E-state index < -0.39 is 6.36 Å². The second-order valence-corrected chi connectivity index (χ2v) is 8.25. The standard InChI is InChI=1S/C25H36F3NO2/c26-25(27,28)31-23-17-14-15-21-18-19-22(29-24(21)23)16-12-10-8-6-4-2-1-3-5-7-9-11-13-20-30/h14-15,17-19,30H,1-13,16,20H2. The van der Waals surface area contributed by atoms with E-state index in [1.165, 1.54) is 63.9 Å². The van der Waals surface area contributed by atoms with E-state index in [0.717, 1.165) is 37.8 Å². The number of fused-ring (bicyclic) bond motifs is 1. The van der Waals surface area contributed by atoms with E-state index in [4.69, 9.17) is 5.11 Å². The number of ether oxygens (including phenoxy) is 1. The molecule has 0 amide bonds. The second kappa shape index (κ2) is 14.3. The lowest BCUT2D eigenvalue weighted by Crippen LogP contribution is -2.17. The lowest BCUT2D eigenvalue weighted by molar-refractivity contribution is -0.274. The topological polar surface area (TPSA) is 42.4 Å². The summed E-state index contributed by atoms with van der Waals surface area (Å²) in [7, 11) is 0. The number of rotatable bonds is 16. The highest BCUT2D eigenvalue weighted by atomic mass is 19.4. The smallest absolute Gasteiger partial charge is 0.403 e. The van der Waals surface area contributed by atoms with E-state index in [2.05, 4.69) is 9.72 Å². The van der Waals surface area contributed by atoms with Crippen molar-refractivity contribution in [2.24, 2.45) is 0 Å². The molecule has 1 N–H and O–H groups in total.